The molecule has 0 aliphatic carbocycles. The van der Waals surface area contributed by atoms with Crippen molar-refractivity contribution in [2.75, 3.05) is 0 Å². The van der Waals surface area contributed by atoms with Crippen LogP contribution < -0.4 is 0 Å². The highest BCUT2D eigenvalue weighted by Crippen LogP contribution is 2.27. The Bertz CT molecular complexity index is 497. The first-order chi connectivity index (χ1) is 8.11. The molecule has 90 valence electrons. The Kier molecular flexibility index (Phi) is 3.29. The predicted molar refractivity (Wildman–Crippen MR) is 66.7 cm³/mol. The van der Waals surface area contributed by atoms with Crippen molar-refractivity contribution < 1.29 is 9.52 Å². The van der Waals surface area contributed by atoms with E-state index in [1.807, 2.05) is 45.0 Å². The summed E-state index contributed by atoms with van der Waals surface area (Å²) in [5, 5.41) is 9.25. The monoisotopic (exact) mass is 231 g/mol. The van der Waals surface area contributed by atoms with Crippen molar-refractivity contribution in [2.24, 2.45) is 0 Å². The summed E-state index contributed by atoms with van der Waals surface area (Å²) in [5.74, 6) is 1.57. The molecular formula is C14H17NO2. The highest BCUT2D eigenvalue weighted by molar-refractivity contribution is 5.54. The number of aliphatic hydroxyl groups is 1. The van der Waals surface area contributed by atoms with Gasteiger partial charge >= 0.3 is 0 Å². The fourth-order valence-corrected chi connectivity index (χ4v) is 1.75. The van der Waals surface area contributed by atoms with E-state index in [0.29, 0.717) is 11.6 Å². The molecule has 1 aromatic heterocycles. The van der Waals surface area contributed by atoms with Crippen molar-refractivity contribution in [1.82, 2.24) is 4.98 Å². The maximum atomic E-state index is 9.25. The molecule has 0 spiro atoms. The molecule has 0 saturated carbocycles. The number of aryl methyl sites for hydroxylation is 1. The maximum absolute atomic E-state index is 9.25. The Balaban J connectivity index is 2.42. The van der Waals surface area contributed by atoms with Gasteiger partial charge in [-0.25, -0.2) is 4.98 Å². The number of rotatable bonds is 3. The Morgan fingerprint density at radius 1 is 1.24 bits per heavy atom. The van der Waals surface area contributed by atoms with Gasteiger partial charge in [0, 0.05) is 11.5 Å². The first-order valence-electron chi connectivity index (χ1n) is 5.79. The quantitative estimate of drug-likeness (QED) is 0.881. The van der Waals surface area contributed by atoms with Crippen molar-refractivity contribution in [3.63, 3.8) is 0 Å². The van der Waals surface area contributed by atoms with Crippen LogP contribution >= 0.6 is 0 Å². The zero-order valence-corrected chi connectivity index (χ0v) is 10.4. The van der Waals surface area contributed by atoms with Crippen LogP contribution in [0.4, 0.5) is 0 Å². The van der Waals surface area contributed by atoms with Gasteiger partial charge in [0.05, 0.1) is 6.61 Å². The van der Waals surface area contributed by atoms with Gasteiger partial charge < -0.3 is 9.52 Å². The molecule has 0 unspecified atom stereocenters. The van der Waals surface area contributed by atoms with Crippen LogP contribution in [0.2, 0.25) is 0 Å². The largest absolute Gasteiger partial charge is 0.441 e. The number of hydrogen-bond donors (Lipinski definition) is 1. The van der Waals surface area contributed by atoms with Gasteiger partial charge in [0.15, 0.2) is 0 Å². The van der Waals surface area contributed by atoms with Crippen molar-refractivity contribution >= 4 is 0 Å². The van der Waals surface area contributed by atoms with Crippen LogP contribution in [-0.2, 0) is 6.61 Å². The van der Waals surface area contributed by atoms with Crippen LogP contribution in [0.15, 0.2) is 28.7 Å². The standard InChI is InChI=1S/C14H17NO2/c1-9(2)13-12(8-16)15-14(17-13)11-6-4-10(3)5-7-11/h4-7,9,16H,8H2,1-3H3. The van der Waals surface area contributed by atoms with Crippen molar-refractivity contribution in [3.05, 3.63) is 41.3 Å². The lowest BCUT2D eigenvalue weighted by Crippen LogP contribution is -1.92. The molecule has 3 nitrogen and oxygen atoms in total. The molecule has 1 N–H and O–H groups in total. The normalized spacial score (nSPS) is 11.1. The molecule has 0 saturated heterocycles. The van der Waals surface area contributed by atoms with Crippen LogP contribution in [0, 0.1) is 6.92 Å². The third-order valence-electron chi connectivity index (χ3n) is 2.70. The third-order valence-corrected chi connectivity index (χ3v) is 2.70. The zero-order valence-electron chi connectivity index (χ0n) is 10.4. The summed E-state index contributed by atoms with van der Waals surface area (Å²) in [4.78, 5) is 4.33. The van der Waals surface area contributed by atoms with Gasteiger partial charge in [-0.3, -0.25) is 0 Å². The van der Waals surface area contributed by atoms with Gasteiger partial charge in [-0.1, -0.05) is 31.5 Å². The second-order valence-electron chi connectivity index (χ2n) is 4.51. The number of aromatic nitrogens is 1. The SMILES string of the molecule is Cc1ccc(-c2nc(CO)c(C(C)C)o2)cc1. The topological polar surface area (TPSA) is 46.3 Å². The number of benzene rings is 1. The molecular weight excluding hydrogens is 214 g/mol. The lowest BCUT2D eigenvalue weighted by Gasteiger charge is -2.00. The van der Waals surface area contributed by atoms with Gasteiger partial charge in [0.1, 0.15) is 11.5 Å². The summed E-state index contributed by atoms with van der Waals surface area (Å²) < 4.78 is 5.72. The number of aliphatic hydroxyl groups excluding tert-OH is 1. The second-order valence-corrected chi connectivity index (χ2v) is 4.51. The molecule has 17 heavy (non-hydrogen) atoms. The van der Waals surface area contributed by atoms with Crippen molar-refractivity contribution in [3.8, 4) is 11.5 Å². The Hall–Kier alpha value is -1.61. The molecule has 0 fully saturated rings. The maximum Gasteiger partial charge on any atom is 0.226 e. The lowest BCUT2D eigenvalue weighted by molar-refractivity contribution is 0.273. The molecule has 0 radical (unpaired) electrons. The van der Waals surface area contributed by atoms with Gasteiger partial charge in [-0.15, -0.1) is 0 Å². The van der Waals surface area contributed by atoms with E-state index in [0.717, 1.165) is 11.3 Å². The van der Waals surface area contributed by atoms with Crippen LogP contribution in [0.3, 0.4) is 0 Å². The molecule has 2 aromatic rings. The predicted octanol–water partition coefficient (Wildman–Crippen LogP) is 3.27. The van der Waals surface area contributed by atoms with Crippen LogP contribution in [0.5, 0.6) is 0 Å². The molecule has 0 aliphatic rings. The summed E-state index contributed by atoms with van der Waals surface area (Å²) in [6.45, 7) is 6.01. The average Bonchev–Trinajstić information content (AvgIpc) is 2.74. The Morgan fingerprint density at radius 2 is 1.88 bits per heavy atom. The highest BCUT2D eigenvalue weighted by atomic mass is 16.4. The minimum absolute atomic E-state index is 0.0805. The molecule has 1 aromatic carbocycles. The van der Waals surface area contributed by atoms with Gasteiger partial charge in [0.25, 0.3) is 0 Å². The van der Waals surface area contributed by atoms with Gasteiger partial charge in [0.2, 0.25) is 5.89 Å². The Labute approximate surface area is 101 Å². The summed E-state index contributed by atoms with van der Waals surface area (Å²) in [7, 11) is 0. The van der Waals surface area contributed by atoms with E-state index in [1.165, 1.54) is 5.56 Å². The molecule has 2 rings (SSSR count). The molecule has 1 heterocycles. The highest BCUT2D eigenvalue weighted by Gasteiger charge is 2.16. The summed E-state index contributed by atoms with van der Waals surface area (Å²) in [6, 6.07) is 8.00. The summed E-state index contributed by atoms with van der Waals surface area (Å²) in [5.41, 5.74) is 2.78. The molecule has 0 aliphatic heterocycles. The third kappa shape index (κ3) is 2.39. The zero-order chi connectivity index (χ0) is 12.4. The minimum atomic E-state index is -0.0805. The Morgan fingerprint density at radius 3 is 2.35 bits per heavy atom. The van der Waals surface area contributed by atoms with E-state index >= 15 is 0 Å². The van der Waals surface area contributed by atoms with Crippen LogP contribution in [-0.4, -0.2) is 10.1 Å². The first kappa shape index (κ1) is 11.9. The lowest BCUT2D eigenvalue weighted by atomic mass is 10.1. The second kappa shape index (κ2) is 4.72. The average molecular weight is 231 g/mol. The van der Waals surface area contributed by atoms with Crippen molar-refractivity contribution in [2.45, 2.75) is 33.3 Å². The van der Waals surface area contributed by atoms with Gasteiger partial charge in [-0.2, -0.15) is 0 Å². The number of hydrogen-bond acceptors (Lipinski definition) is 3. The van der Waals surface area contributed by atoms with E-state index in [4.69, 9.17) is 4.42 Å². The number of nitrogens with zero attached hydrogens (tertiary/aromatic N) is 1. The van der Waals surface area contributed by atoms with E-state index in [2.05, 4.69) is 4.98 Å². The van der Waals surface area contributed by atoms with Crippen molar-refractivity contribution in [1.29, 1.82) is 0 Å². The molecule has 3 heteroatoms. The van der Waals surface area contributed by atoms with Gasteiger partial charge in [-0.05, 0) is 19.1 Å². The van der Waals surface area contributed by atoms with E-state index in [9.17, 15) is 5.11 Å². The number of oxazole rings is 1. The smallest absolute Gasteiger partial charge is 0.226 e. The van der Waals surface area contributed by atoms with Crippen LogP contribution in [0.25, 0.3) is 11.5 Å². The molecule has 0 amide bonds. The van der Waals surface area contributed by atoms with E-state index in [1.54, 1.807) is 0 Å². The fraction of sp³-hybridized carbons (Fsp3) is 0.357. The first-order valence-corrected chi connectivity index (χ1v) is 5.79. The molecule has 0 bridgehead atoms. The van der Waals surface area contributed by atoms with E-state index < -0.39 is 0 Å². The fourth-order valence-electron chi connectivity index (χ4n) is 1.75. The summed E-state index contributed by atoms with van der Waals surface area (Å²) >= 11 is 0. The van der Waals surface area contributed by atoms with E-state index in [-0.39, 0.29) is 12.5 Å². The van der Waals surface area contributed by atoms with Crippen LogP contribution in [0.1, 0.15) is 36.8 Å². The minimum Gasteiger partial charge on any atom is -0.441 e. The summed E-state index contributed by atoms with van der Waals surface area (Å²) in [6.07, 6.45) is 0. The molecule has 0 atom stereocenters.